The van der Waals surface area contributed by atoms with E-state index < -0.39 is 11.9 Å². The molecule has 0 atom stereocenters. The first kappa shape index (κ1) is 31.7. The summed E-state index contributed by atoms with van der Waals surface area (Å²) in [4.78, 5) is 29.0. The smallest absolute Gasteiger partial charge is 0.435 e. The molecule has 0 aliphatic carbocycles. The van der Waals surface area contributed by atoms with Crippen LogP contribution in [0.25, 0.3) is 11.1 Å². The number of carbonyl (C=O) groups excluding carboxylic acids is 2. The van der Waals surface area contributed by atoms with E-state index in [1.807, 2.05) is 97.1 Å². The zero-order chi connectivity index (χ0) is 32.1. The molecule has 0 saturated carbocycles. The molecule has 0 aliphatic heterocycles. The van der Waals surface area contributed by atoms with Crippen molar-refractivity contribution in [2.45, 2.75) is 26.0 Å². The molecule has 8 heteroatoms. The number of nitrogens with one attached hydrogen (secondary N) is 2. The molecular formula is C38H35FN4O3. The van der Waals surface area contributed by atoms with Gasteiger partial charge in [-0.1, -0.05) is 121 Å². The van der Waals surface area contributed by atoms with Crippen molar-refractivity contribution in [2.24, 2.45) is 10.7 Å². The molecule has 0 heterocycles. The lowest BCUT2D eigenvalue weighted by Crippen LogP contribution is -2.25. The first-order chi connectivity index (χ1) is 22.5. The fourth-order valence-corrected chi connectivity index (χ4v) is 4.94. The molecule has 0 fully saturated rings. The molecule has 5 aromatic carbocycles. The van der Waals surface area contributed by atoms with Gasteiger partial charge in [0.1, 0.15) is 12.4 Å². The second-order valence-corrected chi connectivity index (χ2v) is 10.7. The van der Waals surface area contributed by atoms with E-state index >= 15 is 4.39 Å². The molecule has 0 saturated heterocycles. The zero-order valence-corrected chi connectivity index (χ0v) is 25.3. The second kappa shape index (κ2) is 15.8. The third-order valence-electron chi connectivity index (χ3n) is 7.39. The van der Waals surface area contributed by atoms with Gasteiger partial charge in [-0.3, -0.25) is 4.79 Å². The Kier molecular flexibility index (Phi) is 10.9. The van der Waals surface area contributed by atoms with Gasteiger partial charge in [-0.2, -0.15) is 4.99 Å². The van der Waals surface area contributed by atoms with Gasteiger partial charge in [0.2, 0.25) is 5.91 Å². The molecule has 0 unspecified atom stereocenters. The van der Waals surface area contributed by atoms with Gasteiger partial charge in [-0.25, -0.2) is 9.18 Å². The number of amidine groups is 1. The van der Waals surface area contributed by atoms with E-state index in [4.69, 9.17) is 10.5 Å². The van der Waals surface area contributed by atoms with E-state index in [2.05, 4.69) is 15.6 Å². The Balaban J connectivity index is 1.20. The maximum absolute atomic E-state index is 15.9. The quantitative estimate of drug-likeness (QED) is 0.103. The Morgan fingerprint density at radius 2 is 1.37 bits per heavy atom. The van der Waals surface area contributed by atoms with Crippen LogP contribution in [0.4, 0.5) is 14.9 Å². The average Bonchev–Trinajstić information content (AvgIpc) is 3.09. The van der Waals surface area contributed by atoms with Gasteiger partial charge in [-0.05, 0) is 40.3 Å². The molecule has 2 amide bonds. The van der Waals surface area contributed by atoms with Gasteiger partial charge in [0.05, 0.1) is 12.1 Å². The summed E-state index contributed by atoms with van der Waals surface area (Å²) in [6.07, 6.45) is -0.173. The molecule has 0 aromatic heterocycles. The molecule has 4 N–H and O–H groups in total. The molecular weight excluding hydrogens is 579 g/mol. The number of benzene rings is 5. The number of rotatable bonds is 12. The highest BCUT2D eigenvalue weighted by atomic mass is 19.1. The van der Waals surface area contributed by atoms with Crippen molar-refractivity contribution in [3.8, 4) is 11.1 Å². The van der Waals surface area contributed by atoms with Crippen LogP contribution < -0.4 is 16.4 Å². The van der Waals surface area contributed by atoms with E-state index in [-0.39, 0.29) is 31.3 Å². The second-order valence-electron chi connectivity index (χ2n) is 10.7. The third kappa shape index (κ3) is 8.89. The highest BCUT2D eigenvalue weighted by Crippen LogP contribution is 2.30. The number of nitrogens with zero attached hydrogens (tertiary/aromatic N) is 1. The first-order valence-corrected chi connectivity index (χ1v) is 15.0. The summed E-state index contributed by atoms with van der Waals surface area (Å²) in [5.41, 5.74) is 11.5. The fraction of sp³-hybridized carbons (Fsp3) is 0.132. The lowest BCUT2D eigenvalue weighted by Gasteiger charge is -2.16. The maximum atomic E-state index is 15.9. The summed E-state index contributed by atoms with van der Waals surface area (Å²) in [6, 6.07) is 39.3. The van der Waals surface area contributed by atoms with Gasteiger partial charge >= 0.3 is 6.09 Å². The predicted molar refractivity (Wildman–Crippen MR) is 180 cm³/mol. The predicted octanol–water partition coefficient (Wildman–Crippen LogP) is 7.05. The van der Waals surface area contributed by atoms with Crippen LogP contribution in [-0.2, 0) is 35.5 Å². The minimum absolute atomic E-state index is 0.0230. The van der Waals surface area contributed by atoms with Gasteiger partial charge in [0.15, 0.2) is 5.82 Å². The Morgan fingerprint density at radius 3 is 2.04 bits per heavy atom. The Morgan fingerprint density at radius 1 is 0.739 bits per heavy atom. The standard InChI is InChI=1S/C38H35FN4O3/c39-36-33(32(30-14-8-3-9-15-30)20-21-34(36)41-23-22-27-10-4-1-5-11-27)24-35(44)42-25-28-16-18-31(19-17-28)37(40)43-38(45)46-26-29-12-6-2-7-13-29/h1-21,41H,22-26H2,(H,42,44)(H2,40,43,45). The summed E-state index contributed by atoms with van der Waals surface area (Å²) in [7, 11) is 0. The summed E-state index contributed by atoms with van der Waals surface area (Å²) in [6.45, 7) is 0.880. The van der Waals surface area contributed by atoms with Crippen molar-refractivity contribution >= 4 is 23.5 Å². The topological polar surface area (TPSA) is 106 Å². The van der Waals surface area contributed by atoms with Crippen LogP contribution >= 0.6 is 0 Å². The van der Waals surface area contributed by atoms with Gasteiger partial charge in [-0.15, -0.1) is 0 Å². The highest BCUT2D eigenvalue weighted by Gasteiger charge is 2.18. The summed E-state index contributed by atoms with van der Waals surface area (Å²) in [5.74, 6) is -0.732. The van der Waals surface area contributed by atoms with Crippen LogP contribution in [0.3, 0.4) is 0 Å². The number of anilines is 1. The molecule has 5 aromatic rings. The molecule has 5 rings (SSSR count). The average molecular weight is 615 g/mol. The minimum atomic E-state index is -0.782. The van der Waals surface area contributed by atoms with Crippen LogP contribution in [-0.4, -0.2) is 24.4 Å². The van der Waals surface area contributed by atoms with Crippen LogP contribution in [0.15, 0.2) is 132 Å². The van der Waals surface area contributed by atoms with Crippen LogP contribution in [0.5, 0.6) is 0 Å². The summed E-state index contributed by atoms with van der Waals surface area (Å²) >= 11 is 0. The minimum Gasteiger partial charge on any atom is -0.443 e. The van der Waals surface area contributed by atoms with E-state index in [1.165, 1.54) is 0 Å². The molecule has 0 bridgehead atoms. The van der Waals surface area contributed by atoms with Gasteiger partial charge in [0.25, 0.3) is 0 Å². The van der Waals surface area contributed by atoms with Crippen molar-refractivity contribution in [3.05, 3.63) is 161 Å². The van der Waals surface area contributed by atoms with Crippen molar-refractivity contribution in [3.63, 3.8) is 0 Å². The van der Waals surface area contributed by atoms with Gasteiger partial charge in [0, 0.05) is 24.2 Å². The molecule has 0 aliphatic rings. The number of aliphatic imine (C=N–C) groups is 1. The van der Waals surface area contributed by atoms with Crippen molar-refractivity contribution in [2.75, 3.05) is 11.9 Å². The largest absolute Gasteiger partial charge is 0.443 e. The van der Waals surface area contributed by atoms with Gasteiger partial charge < -0.3 is 21.1 Å². The Bertz CT molecular complexity index is 1780. The number of nitrogens with two attached hydrogens (primary N) is 1. The monoisotopic (exact) mass is 614 g/mol. The number of hydrogen-bond acceptors (Lipinski definition) is 4. The van der Waals surface area contributed by atoms with Crippen molar-refractivity contribution in [1.82, 2.24) is 5.32 Å². The van der Waals surface area contributed by atoms with Crippen LogP contribution in [0, 0.1) is 5.82 Å². The lowest BCUT2D eigenvalue weighted by molar-refractivity contribution is -0.120. The van der Waals surface area contributed by atoms with E-state index in [0.29, 0.717) is 28.9 Å². The Hall–Kier alpha value is -5.76. The van der Waals surface area contributed by atoms with Crippen LogP contribution in [0.2, 0.25) is 0 Å². The molecule has 0 radical (unpaired) electrons. The first-order valence-electron chi connectivity index (χ1n) is 15.0. The number of halogens is 1. The SMILES string of the molecule is N/C(=N\C(=O)OCc1ccccc1)c1ccc(CNC(=O)Cc2c(-c3ccccc3)ccc(NCCc3ccccc3)c2F)cc1. The number of amides is 2. The third-order valence-corrected chi connectivity index (χ3v) is 7.39. The molecule has 46 heavy (non-hydrogen) atoms. The number of carbonyl (C=O) groups is 2. The van der Waals surface area contributed by atoms with E-state index in [0.717, 1.165) is 28.7 Å². The normalized spacial score (nSPS) is 11.1. The van der Waals surface area contributed by atoms with Crippen molar-refractivity contribution < 1.29 is 18.7 Å². The lowest BCUT2D eigenvalue weighted by atomic mass is 9.96. The molecule has 7 nitrogen and oxygen atoms in total. The van der Waals surface area contributed by atoms with Crippen molar-refractivity contribution in [1.29, 1.82) is 0 Å². The molecule has 232 valence electrons. The molecule has 0 spiro atoms. The highest BCUT2D eigenvalue weighted by molar-refractivity contribution is 6.02. The summed E-state index contributed by atoms with van der Waals surface area (Å²) < 4.78 is 21.1. The number of hydrogen-bond donors (Lipinski definition) is 3. The van der Waals surface area contributed by atoms with Crippen LogP contribution in [0.1, 0.15) is 27.8 Å². The summed E-state index contributed by atoms with van der Waals surface area (Å²) in [5, 5.41) is 6.09. The van der Waals surface area contributed by atoms with E-state index in [9.17, 15) is 9.59 Å². The number of ether oxygens (including phenoxy) is 1. The van der Waals surface area contributed by atoms with E-state index in [1.54, 1.807) is 30.3 Å². The fourth-order valence-electron chi connectivity index (χ4n) is 4.94. The maximum Gasteiger partial charge on any atom is 0.435 e. The zero-order valence-electron chi connectivity index (χ0n) is 25.3. The Labute approximate surface area is 268 Å².